The van der Waals surface area contributed by atoms with Crippen LogP contribution in [0.1, 0.15) is 18.9 Å². The summed E-state index contributed by atoms with van der Waals surface area (Å²) in [6.45, 7) is 1.79. The van der Waals surface area contributed by atoms with Crippen molar-refractivity contribution < 1.29 is 28.7 Å². The molecule has 0 amide bonds. The van der Waals surface area contributed by atoms with Gasteiger partial charge in [0.1, 0.15) is 0 Å². The van der Waals surface area contributed by atoms with Crippen molar-refractivity contribution in [2.45, 2.75) is 24.5 Å². The van der Waals surface area contributed by atoms with Crippen LogP contribution in [0.3, 0.4) is 0 Å². The predicted molar refractivity (Wildman–Crippen MR) is 93.9 cm³/mol. The number of benzene rings is 1. The molecule has 144 valence electrons. The standard InChI is InChI=1S/C19H21NO7/c1-5-11-10-18(26-3,27-4)15-14(17(22)25-2)19(15,16(11)21)12-8-6-7-9-13(12)20(23)24/h6-10,14-15H,5H2,1-4H3/t14-,15-,19-/m0/s1. The SMILES string of the molecule is CCC1=CC(OC)(OC)[C@@H]2[C@@H](C(=O)OC)[C@]2(c2ccccc2[N+](=O)[O-])C1=O. The molecular formula is C19H21NO7. The Bertz CT molecular complexity index is 842. The van der Waals surface area contributed by atoms with Gasteiger partial charge in [0.25, 0.3) is 5.69 Å². The second kappa shape index (κ2) is 6.54. The van der Waals surface area contributed by atoms with Crippen molar-refractivity contribution in [3.8, 4) is 0 Å². The molecule has 1 aromatic rings. The summed E-state index contributed by atoms with van der Waals surface area (Å²) in [7, 11) is 4.06. The lowest BCUT2D eigenvalue weighted by Crippen LogP contribution is -2.44. The van der Waals surface area contributed by atoms with Crippen molar-refractivity contribution in [2.24, 2.45) is 11.8 Å². The Morgan fingerprint density at radius 2 is 1.85 bits per heavy atom. The van der Waals surface area contributed by atoms with Gasteiger partial charge in [-0.15, -0.1) is 0 Å². The normalized spacial score (nSPS) is 28.1. The Hall–Kier alpha value is -2.58. The molecule has 0 radical (unpaired) electrons. The molecule has 0 aromatic heterocycles. The highest BCUT2D eigenvalue weighted by Gasteiger charge is 2.83. The second-order valence-electron chi connectivity index (χ2n) is 6.60. The van der Waals surface area contributed by atoms with Crippen LogP contribution in [0.5, 0.6) is 0 Å². The second-order valence-corrected chi connectivity index (χ2v) is 6.60. The minimum Gasteiger partial charge on any atom is -0.469 e. The summed E-state index contributed by atoms with van der Waals surface area (Å²) in [6, 6.07) is 5.97. The van der Waals surface area contributed by atoms with E-state index in [1.54, 1.807) is 19.1 Å². The lowest BCUT2D eigenvalue weighted by molar-refractivity contribution is -0.385. The lowest BCUT2D eigenvalue weighted by atomic mass is 9.77. The fourth-order valence-corrected chi connectivity index (χ4v) is 4.49. The molecule has 3 rings (SSSR count). The number of ketones is 1. The molecule has 0 bridgehead atoms. The first-order chi connectivity index (χ1) is 12.8. The van der Waals surface area contributed by atoms with Gasteiger partial charge in [-0.2, -0.15) is 0 Å². The van der Waals surface area contributed by atoms with Crippen molar-refractivity contribution in [1.29, 1.82) is 0 Å². The molecule has 2 aliphatic rings. The van der Waals surface area contributed by atoms with Crippen LogP contribution < -0.4 is 0 Å². The van der Waals surface area contributed by atoms with Gasteiger partial charge < -0.3 is 14.2 Å². The van der Waals surface area contributed by atoms with Gasteiger partial charge in [0.2, 0.25) is 0 Å². The molecule has 8 heteroatoms. The van der Waals surface area contributed by atoms with Gasteiger partial charge in [-0.25, -0.2) is 0 Å². The number of rotatable bonds is 6. The number of para-hydroxylation sites is 1. The number of esters is 1. The molecule has 8 nitrogen and oxygen atoms in total. The zero-order valence-corrected chi connectivity index (χ0v) is 15.6. The van der Waals surface area contributed by atoms with Crippen LogP contribution in [0, 0.1) is 22.0 Å². The van der Waals surface area contributed by atoms with E-state index in [-0.39, 0.29) is 17.0 Å². The number of methoxy groups -OCH3 is 3. The smallest absolute Gasteiger partial charge is 0.310 e. The number of carbonyl (C=O) groups excluding carboxylic acids is 2. The Labute approximate surface area is 156 Å². The average Bonchev–Trinajstić information content (AvgIpc) is 3.41. The number of fused-ring (bicyclic) bond motifs is 1. The minimum atomic E-state index is -1.46. The third-order valence-corrected chi connectivity index (χ3v) is 5.70. The summed E-state index contributed by atoms with van der Waals surface area (Å²) < 4.78 is 16.1. The highest BCUT2D eigenvalue weighted by Crippen LogP contribution is 2.70. The fraction of sp³-hybridized carbons (Fsp3) is 0.474. The van der Waals surface area contributed by atoms with E-state index >= 15 is 0 Å². The number of hydrogen-bond acceptors (Lipinski definition) is 7. The van der Waals surface area contributed by atoms with E-state index in [4.69, 9.17) is 14.2 Å². The van der Waals surface area contributed by atoms with Crippen LogP contribution in [0.25, 0.3) is 0 Å². The molecule has 0 spiro atoms. The monoisotopic (exact) mass is 375 g/mol. The summed E-state index contributed by atoms with van der Waals surface area (Å²) >= 11 is 0. The largest absolute Gasteiger partial charge is 0.469 e. The molecule has 0 aliphatic heterocycles. The van der Waals surface area contributed by atoms with Crippen LogP contribution in [0.15, 0.2) is 35.9 Å². The van der Waals surface area contributed by atoms with E-state index in [1.165, 1.54) is 39.5 Å². The van der Waals surface area contributed by atoms with Crippen LogP contribution in [-0.2, 0) is 29.2 Å². The van der Waals surface area contributed by atoms with Crippen molar-refractivity contribution in [1.82, 2.24) is 0 Å². The topological polar surface area (TPSA) is 105 Å². The van der Waals surface area contributed by atoms with Crippen molar-refractivity contribution in [3.05, 3.63) is 51.6 Å². The summed E-state index contributed by atoms with van der Waals surface area (Å²) in [5.74, 6) is -4.03. The van der Waals surface area contributed by atoms with E-state index < -0.39 is 33.9 Å². The van der Waals surface area contributed by atoms with Crippen LogP contribution in [0.4, 0.5) is 5.69 Å². The summed E-state index contributed by atoms with van der Waals surface area (Å²) in [5.41, 5.74) is -1.10. The zero-order chi connectivity index (χ0) is 20.0. The Morgan fingerprint density at radius 3 is 2.37 bits per heavy atom. The maximum atomic E-state index is 13.4. The number of nitro benzene ring substituents is 1. The highest BCUT2D eigenvalue weighted by molar-refractivity contribution is 6.12. The fourth-order valence-electron chi connectivity index (χ4n) is 4.49. The van der Waals surface area contributed by atoms with Gasteiger partial charge in [-0.3, -0.25) is 19.7 Å². The third-order valence-electron chi connectivity index (χ3n) is 5.70. The number of hydrogen-bond donors (Lipinski definition) is 0. The van der Waals surface area contributed by atoms with Gasteiger partial charge in [0.05, 0.1) is 23.4 Å². The Morgan fingerprint density at radius 1 is 1.22 bits per heavy atom. The molecule has 3 atom stereocenters. The summed E-state index contributed by atoms with van der Waals surface area (Å²) in [4.78, 5) is 37.1. The van der Waals surface area contributed by atoms with E-state index in [2.05, 4.69) is 0 Å². The Balaban J connectivity index is 2.34. The summed E-state index contributed by atoms with van der Waals surface area (Å²) in [6.07, 6.45) is 1.95. The average molecular weight is 375 g/mol. The van der Waals surface area contributed by atoms with Crippen molar-refractivity contribution >= 4 is 17.4 Å². The highest BCUT2D eigenvalue weighted by atomic mass is 16.7. The number of nitro groups is 1. The maximum absolute atomic E-state index is 13.4. The van der Waals surface area contributed by atoms with E-state index in [9.17, 15) is 19.7 Å². The Kier molecular flexibility index (Phi) is 4.65. The molecule has 1 fully saturated rings. The predicted octanol–water partition coefficient (Wildman–Crippen LogP) is 2.16. The molecule has 1 aromatic carbocycles. The van der Waals surface area contributed by atoms with Gasteiger partial charge in [0.15, 0.2) is 11.6 Å². The third kappa shape index (κ3) is 2.36. The van der Waals surface area contributed by atoms with E-state index in [0.717, 1.165) is 0 Å². The van der Waals surface area contributed by atoms with Gasteiger partial charge in [-0.1, -0.05) is 25.1 Å². The maximum Gasteiger partial charge on any atom is 0.310 e. The van der Waals surface area contributed by atoms with Gasteiger partial charge in [0, 0.05) is 31.8 Å². The number of Topliss-reactive ketones (excluding diaryl/α,β-unsaturated/α-hetero) is 1. The van der Waals surface area contributed by atoms with Gasteiger partial charge in [-0.05, 0) is 18.1 Å². The minimum absolute atomic E-state index is 0.179. The van der Waals surface area contributed by atoms with Crippen LogP contribution >= 0.6 is 0 Å². The molecular weight excluding hydrogens is 354 g/mol. The molecule has 1 saturated carbocycles. The molecule has 27 heavy (non-hydrogen) atoms. The quantitative estimate of drug-likeness (QED) is 0.325. The van der Waals surface area contributed by atoms with Gasteiger partial charge >= 0.3 is 5.97 Å². The van der Waals surface area contributed by atoms with E-state index in [0.29, 0.717) is 12.0 Å². The number of carbonyl (C=O) groups is 2. The van der Waals surface area contributed by atoms with Crippen molar-refractivity contribution in [3.63, 3.8) is 0 Å². The van der Waals surface area contributed by atoms with Crippen molar-refractivity contribution in [2.75, 3.05) is 21.3 Å². The lowest BCUT2D eigenvalue weighted by Gasteiger charge is -2.35. The first-order valence-corrected chi connectivity index (χ1v) is 8.54. The number of nitrogens with zero attached hydrogens (tertiary/aromatic N) is 1. The molecule has 0 N–H and O–H groups in total. The summed E-state index contributed by atoms with van der Waals surface area (Å²) in [5, 5.41) is 11.6. The first-order valence-electron chi connectivity index (χ1n) is 8.54. The number of allylic oxidation sites excluding steroid dienone is 1. The molecule has 0 unspecified atom stereocenters. The molecule has 2 aliphatic carbocycles. The molecule has 0 saturated heterocycles. The first kappa shape index (κ1) is 19.2. The zero-order valence-electron chi connectivity index (χ0n) is 15.6. The van der Waals surface area contributed by atoms with Crippen LogP contribution in [-0.4, -0.2) is 43.8 Å². The van der Waals surface area contributed by atoms with Crippen LogP contribution in [0.2, 0.25) is 0 Å². The molecule has 0 heterocycles. The number of ether oxygens (including phenoxy) is 3. The van der Waals surface area contributed by atoms with E-state index in [1.807, 2.05) is 0 Å².